The molecule has 2 atom stereocenters. The molecule has 0 saturated carbocycles. The Morgan fingerprint density at radius 1 is 0.929 bits per heavy atom. The fourth-order valence-corrected chi connectivity index (χ4v) is 4.53. The van der Waals surface area contributed by atoms with Crippen molar-refractivity contribution in [3.05, 3.63) is 65.7 Å². The van der Waals surface area contributed by atoms with Crippen molar-refractivity contribution in [3.8, 4) is 5.75 Å². The van der Waals surface area contributed by atoms with Gasteiger partial charge in [0.15, 0.2) is 0 Å². The summed E-state index contributed by atoms with van der Waals surface area (Å²) in [5.41, 5.74) is 5.69. The number of aromatic hydroxyl groups is 1. The Morgan fingerprint density at radius 2 is 1.55 bits per heavy atom. The zero-order valence-electron chi connectivity index (χ0n) is 25.2. The number of unbranched alkanes of at least 4 members (excludes halogenated alkanes) is 5. The number of rotatable bonds is 16. The summed E-state index contributed by atoms with van der Waals surface area (Å²) in [6, 6.07) is 13.0. The number of para-hydroxylation sites is 1. The predicted octanol–water partition coefficient (Wildman–Crippen LogP) is 4.71. The van der Waals surface area contributed by atoms with Crippen molar-refractivity contribution in [2.24, 2.45) is 5.73 Å². The van der Waals surface area contributed by atoms with Crippen molar-refractivity contribution in [2.75, 3.05) is 6.54 Å². The number of alkyl carbamates (subject to hydrolysis) is 1. The van der Waals surface area contributed by atoms with Gasteiger partial charge in [-0.15, -0.1) is 0 Å². The molecule has 0 aliphatic rings. The first-order chi connectivity index (χ1) is 19.9. The maximum atomic E-state index is 14.1. The summed E-state index contributed by atoms with van der Waals surface area (Å²) in [5.74, 6) is -2.17. The van der Waals surface area contributed by atoms with Gasteiger partial charge < -0.3 is 31.1 Å². The molecular formula is C32H46N4O6. The van der Waals surface area contributed by atoms with Crippen LogP contribution in [0.25, 0.3) is 0 Å². The third-order valence-electron chi connectivity index (χ3n) is 6.53. The Labute approximate surface area is 249 Å². The second kappa shape index (κ2) is 17.0. The van der Waals surface area contributed by atoms with Crippen LogP contribution in [0.5, 0.6) is 5.75 Å². The molecule has 0 spiro atoms. The fourth-order valence-electron chi connectivity index (χ4n) is 4.53. The van der Waals surface area contributed by atoms with Crippen LogP contribution in [-0.2, 0) is 25.7 Å². The van der Waals surface area contributed by atoms with Gasteiger partial charge in [0.05, 0.1) is 6.42 Å². The Bertz CT molecular complexity index is 1170. The number of carbonyl (C=O) groups excluding carboxylic acids is 4. The fraction of sp³-hybridized carbons (Fsp3) is 0.500. The molecule has 10 nitrogen and oxygen atoms in total. The van der Waals surface area contributed by atoms with E-state index in [1.807, 2.05) is 30.3 Å². The lowest BCUT2D eigenvalue weighted by Gasteiger charge is -2.34. The molecule has 0 saturated heterocycles. The van der Waals surface area contributed by atoms with Crippen LogP contribution < -0.4 is 16.4 Å². The number of amides is 4. The Morgan fingerprint density at radius 3 is 2.17 bits per heavy atom. The number of phenolic OH excluding ortho intramolecular Hbond substituents is 1. The van der Waals surface area contributed by atoms with Crippen LogP contribution >= 0.6 is 0 Å². The van der Waals surface area contributed by atoms with Gasteiger partial charge in [-0.2, -0.15) is 0 Å². The molecule has 4 amide bonds. The molecule has 2 aromatic carbocycles. The maximum absolute atomic E-state index is 14.1. The van der Waals surface area contributed by atoms with E-state index < -0.39 is 47.9 Å². The smallest absolute Gasteiger partial charge is 0.408 e. The summed E-state index contributed by atoms with van der Waals surface area (Å²) in [6.07, 6.45) is 4.19. The number of nitrogens with two attached hydrogens (primary N) is 1. The first-order valence-corrected chi connectivity index (χ1v) is 14.6. The second-order valence-corrected chi connectivity index (χ2v) is 11.3. The molecule has 0 aromatic heterocycles. The van der Waals surface area contributed by atoms with Crippen LogP contribution in [0.15, 0.2) is 54.6 Å². The van der Waals surface area contributed by atoms with Crippen molar-refractivity contribution in [3.63, 3.8) is 0 Å². The van der Waals surface area contributed by atoms with Gasteiger partial charge in [0.2, 0.25) is 17.7 Å². The lowest BCUT2D eigenvalue weighted by atomic mass is 10.00. The highest BCUT2D eigenvalue weighted by atomic mass is 16.6. The number of ether oxygens (including phenoxy) is 1. The molecule has 2 rings (SSSR count). The van der Waals surface area contributed by atoms with E-state index in [2.05, 4.69) is 17.6 Å². The largest absolute Gasteiger partial charge is 0.508 e. The number of hydrogen-bond acceptors (Lipinski definition) is 6. The van der Waals surface area contributed by atoms with E-state index in [1.54, 1.807) is 39.0 Å². The number of nitrogens with zero attached hydrogens (tertiary/aromatic N) is 1. The lowest BCUT2D eigenvalue weighted by molar-refractivity contribution is -0.143. The highest BCUT2D eigenvalue weighted by molar-refractivity contribution is 5.94. The molecule has 0 heterocycles. The highest BCUT2D eigenvalue weighted by Gasteiger charge is 2.37. The molecule has 0 fully saturated rings. The molecule has 2 unspecified atom stereocenters. The first-order valence-electron chi connectivity index (χ1n) is 14.6. The van der Waals surface area contributed by atoms with Crippen molar-refractivity contribution in [1.82, 2.24) is 15.5 Å². The van der Waals surface area contributed by atoms with Crippen LogP contribution in [0.4, 0.5) is 4.79 Å². The quantitative estimate of drug-likeness (QED) is 0.211. The van der Waals surface area contributed by atoms with Gasteiger partial charge in [0.25, 0.3) is 0 Å². The summed E-state index contributed by atoms with van der Waals surface area (Å²) >= 11 is 0. The normalized spacial score (nSPS) is 12.6. The second-order valence-electron chi connectivity index (χ2n) is 11.3. The Kier molecular flexibility index (Phi) is 13.8. The average molecular weight is 583 g/mol. The summed E-state index contributed by atoms with van der Waals surface area (Å²) < 4.78 is 5.32. The van der Waals surface area contributed by atoms with E-state index in [1.165, 1.54) is 11.0 Å². The molecular weight excluding hydrogens is 536 g/mol. The number of benzene rings is 2. The van der Waals surface area contributed by atoms with Crippen LogP contribution in [0.3, 0.4) is 0 Å². The van der Waals surface area contributed by atoms with E-state index >= 15 is 0 Å². The number of phenols is 1. The summed E-state index contributed by atoms with van der Waals surface area (Å²) in [4.78, 5) is 53.9. The number of carbonyl (C=O) groups is 4. The summed E-state index contributed by atoms with van der Waals surface area (Å²) in [5, 5.41) is 16.1. The van der Waals surface area contributed by atoms with E-state index in [-0.39, 0.29) is 24.4 Å². The van der Waals surface area contributed by atoms with Crippen molar-refractivity contribution in [2.45, 2.75) is 96.9 Å². The topological polar surface area (TPSA) is 151 Å². The minimum atomic E-state index is -1.38. The molecule has 230 valence electrons. The van der Waals surface area contributed by atoms with Crippen molar-refractivity contribution in [1.29, 1.82) is 0 Å². The van der Waals surface area contributed by atoms with Crippen molar-refractivity contribution >= 4 is 23.8 Å². The first kappa shape index (κ1) is 34.1. The SMILES string of the molecule is CCCCCCCCN(C(=O)C(CC(N)=O)NC(=O)OC(C)(C)C)C(C(=O)NCc1ccccc1)c1ccccc1O. The lowest BCUT2D eigenvalue weighted by Crippen LogP contribution is -2.54. The molecule has 2 aromatic rings. The van der Waals surface area contributed by atoms with Crippen molar-refractivity contribution < 1.29 is 29.0 Å². The highest BCUT2D eigenvalue weighted by Crippen LogP contribution is 2.30. The zero-order chi connectivity index (χ0) is 31.1. The number of hydrogen-bond donors (Lipinski definition) is 4. The maximum Gasteiger partial charge on any atom is 0.408 e. The van der Waals surface area contributed by atoms with Gasteiger partial charge in [0.1, 0.15) is 23.4 Å². The van der Waals surface area contributed by atoms with Gasteiger partial charge in [-0.1, -0.05) is 87.6 Å². The third-order valence-corrected chi connectivity index (χ3v) is 6.53. The van der Waals surface area contributed by atoms with Gasteiger partial charge in [-0.05, 0) is 38.8 Å². The molecule has 0 radical (unpaired) electrons. The molecule has 0 bridgehead atoms. The standard InChI is InChI=1S/C32H46N4O6/c1-5-6-7-8-9-15-20-36(30(40)25(21-27(33)38)35-31(41)42-32(2,3)4)28(24-18-13-14-19-26(24)37)29(39)34-22-23-16-11-10-12-17-23/h10-14,16-19,25,28,37H,5-9,15,20-22H2,1-4H3,(H2,33,38)(H,34,39)(H,35,41). The third kappa shape index (κ3) is 11.8. The summed E-state index contributed by atoms with van der Waals surface area (Å²) in [7, 11) is 0. The monoisotopic (exact) mass is 582 g/mol. The van der Waals surface area contributed by atoms with Gasteiger partial charge in [-0.3, -0.25) is 14.4 Å². The van der Waals surface area contributed by atoms with Crippen LogP contribution in [0.1, 0.15) is 89.8 Å². The van der Waals surface area contributed by atoms with E-state index in [9.17, 15) is 24.3 Å². The van der Waals surface area contributed by atoms with Gasteiger partial charge in [0, 0.05) is 18.7 Å². The molecule has 42 heavy (non-hydrogen) atoms. The zero-order valence-corrected chi connectivity index (χ0v) is 25.2. The van der Waals surface area contributed by atoms with E-state index in [0.717, 1.165) is 37.7 Å². The minimum Gasteiger partial charge on any atom is -0.508 e. The minimum absolute atomic E-state index is 0.147. The van der Waals surface area contributed by atoms with Gasteiger partial charge in [-0.25, -0.2) is 4.79 Å². The number of nitrogens with one attached hydrogen (secondary N) is 2. The van der Waals surface area contributed by atoms with Crippen LogP contribution in [0, 0.1) is 0 Å². The van der Waals surface area contributed by atoms with E-state index in [0.29, 0.717) is 6.42 Å². The van der Waals surface area contributed by atoms with Crippen LogP contribution in [0.2, 0.25) is 0 Å². The summed E-state index contributed by atoms with van der Waals surface area (Å²) in [6.45, 7) is 7.49. The average Bonchev–Trinajstić information content (AvgIpc) is 2.92. The predicted molar refractivity (Wildman–Crippen MR) is 161 cm³/mol. The molecule has 0 aliphatic heterocycles. The van der Waals surface area contributed by atoms with Crippen LogP contribution in [-0.4, -0.2) is 52.0 Å². The Hall–Kier alpha value is -4.08. The van der Waals surface area contributed by atoms with Gasteiger partial charge >= 0.3 is 6.09 Å². The molecule has 5 N–H and O–H groups in total. The number of primary amides is 1. The molecule has 0 aliphatic carbocycles. The molecule has 10 heteroatoms. The Balaban J connectivity index is 2.46. The van der Waals surface area contributed by atoms with E-state index in [4.69, 9.17) is 10.5 Å².